The van der Waals surface area contributed by atoms with Crippen molar-refractivity contribution in [1.82, 2.24) is 0 Å². The van der Waals surface area contributed by atoms with Crippen molar-refractivity contribution in [2.24, 2.45) is 0 Å². The van der Waals surface area contributed by atoms with Crippen molar-refractivity contribution in [1.29, 1.82) is 0 Å². The molecule has 0 aliphatic carbocycles. The van der Waals surface area contributed by atoms with Gasteiger partial charge in [-0.3, -0.25) is 0 Å². The average molecular weight is 151 g/mol. The monoisotopic (exact) mass is 151 g/mol. The van der Waals surface area contributed by atoms with E-state index in [4.69, 9.17) is 0 Å². The molecule has 0 aromatic heterocycles. The zero-order valence-electron chi connectivity index (χ0n) is 6.20. The van der Waals surface area contributed by atoms with Crippen LogP contribution in [0.2, 0.25) is 0 Å². The van der Waals surface area contributed by atoms with E-state index in [-0.39, 0.29) is 13.0 Å². The Kier molecular flexibility index (Phi) is 4.52. The zero-order valence-corrected chi connectivity index (χ0v) is 6.20. The van der Waals surface area contributed by atoms with Crippen molar-refractivity contribution in [2.75, 3.05) is 13.2 Å². The van der Waals surface area contributed by atoms with Crippen molar-refractivity contribution >= 4 is 0 Å². The van der Waals surface area contributed by atoms with Gasteiger partial charge in [-0.05, 0) is 6.92 Å². The van der Waals surface area contributed by atoms with Crippen LogP contribution in [0.4, 0.5) is 8.78 Å². The number of hydrogen-bond donors (Lipinski definition) is 0. The third kappa shape index (κ3) is 4.68. The van der Waals surface area contributed by atoms with Crippen LogP contribution in [0.25, 0.3) is 0 Å². The van der Waals surface area contributed by atoms with Crippen LogP contribution >= 0.6 is 0 Å². The molecule has 0 amide bonds. The lowest BCUT2D eigenvalue weighted by Gasteiger charge is -2.13. The Balaban J connectivity index is 3.42. The van der Waals surface area contributed by atoms with Crippen molar-refractivity contribution in [3.8, 4) is 0 Å². The first kappa shape index (κ1) is 9.82. The van der Waals surface area contributed by atoms with Gasteiger partial charge in [-0.25, -0.2) is 8.78 Å². The van der Waals surface area contributed by atoms with E-state index in [2.05, 4.69) is 11.7 Å². The van der Waals surface area contributed by atoms with Crippen LogP contribution in [-0.4, -0.2) is 19.1 Å². The normalized spacial score (nSPS) is 12.0. The molecule has 1 radical (unpaired) electrons. The molecule has 0 spiro atoms. The molecule has 3 heteroatoms. The lowest BCUT2D eigenvalue weighted by atomic mass is 10.2. The zero-order chi connectivity index (χ0) is 8.04. The molecule has 0 rings (SSSR count). The summed E-state index contributed by atoms with van der Waals surface area (Å²) in [7, 11) is 0. The molecule has 0 N–H and O–H groups in total. The Morgan fingerprint density at radius 3 is 2.50 bits per heavy atom. The summed E-state index contributed by atoms with van der Waals surface area (Å²) in [5.41, 5.74) is 0. The molecule has 0 bridgehead atoms. The minimum atomic E-state index is -2.66. The minimum Gasteiger partial charge on any atom is -0.375 e. The van der Waals surface area contributed by atoms with E-state index in [0.717, 1.165) is 0 Å². The van der Waals surface area contributed by atoms with Gasteiger partial charge in [-0.1, -0.05) is 13.3 Å². The number of rotatable bonds is 5. The smallest absolute Gasteiger partial charge is 0.270 e. The summed E-state index contributed by atoms with van der Waals surface area (Å²) in [6.45, 7) is 4.63. The molecule has 0 unspecified atom stereocenters. The second-order valence-corrected chi connectivity index (χ2v) is 2.16. The third-order valence-electron chi connectivity index (χ3n) is 1.07. The largest absolute Gasteiger partial charge is 0.375 e. The van der Waals surface area contributed by atoms with Crippen LogP contribution < -0.4 is 0 Å². The first-order valence-corrected chi connectivity index (χ1v) is 3.37. The number of ether oxygens (including phenoxy) is 1. The van der Waals surface area contributed by atoms with E-state index in [0.29, 0.717) is 6.42 Å². The van der Waals surface area contributed by atoms with E-state index in [9.17, 15) is 8.78 Å². The topological polar surface area (TPSA) is 9.23 Å². The molecular weight excluding hydrogens is 138 g/mol. The van der Waals surface area contributed by atoms with E-state index in [1.54, 1.807) is 6.92 Å². The van der Waals surface area contributed by atoms with Crippen LogP contribution in [0.1, 0.15) is 19.8 Å². The van der Waals surface area contributed by atoms with E-state index < -0.39 is 12.5 Å². The summed E-state index contributed by atoms with van der Waals surface area (Å²) in [5.74, 6) is -2.66. The van der Waals surface area contributed by atoms with Gasteiger partial charge in [0, 0.05) is 13.0 Å². The van der Waals surface area contributed by atoms with Gasteiger partial charge in [0.25, 0.3) is 5.92 Å². The second kappa shape index (κ2) is 4.61. The average Bonchev–Trinajstić information content (AvgIpc) is 1.84. The number of alkyl halides is 2. The molecule has 61 valence electrons. The molecule has 0 aromatic rings. The molecule has 0 aliphatic rings. The fourth-order valence-electron chi connectivity index (χ4n) is 0.659. The number of hydrogen-bond acceptors (Lipinski definition) is 1. The molecule has 1 nitrogen and oxygen atoms in total. The van der Waals surface area contributed by atoms with Crippen molar-refractivity contribution in [2.45, 2.75) is 25.7 Å². The predicted molar refractivity (Wildman–Crippen MR) is 36.0 cm³/mol. The molecule has 0 aromatic carbocycles. The second-order valence-electron chi connectivity index (χ2n) is 2.16. The first-order valence-electron chi connectivity index (χ1n) is 3.37. The van der Waals surface area contributed by atoms with Gasteiger partial charge in [0.1, 0.15) is 6.61 Å². The third-order valence-corrected chi connectivity index (χ3v) is 1.07. The van der Waals surface area contributed by atoms with Crippen LogP contribution in [0.5, 0.6) is 0 Å². The highest BCUT2D eigenvalue weighted by atomic mass is 19.3. The maximum Gasteiger partial charge on any atom is 0.270 e. The van der Waals surface area contributed by atoms with Crippen molar-refractivity contribution < 1.29 is 13.5 Å². The highest BCUT2D eigenvalue weighted by molar-refractivity contribution is 4.63. The Morgan fingerprint density at radius 2 is 2.10 bits per heavy atom. The Bertz CT molecular complexity index is 83.7. The van der Waals surface area contributed by atoms with Gasteiger partial charge in [0.05, 0.1) is 0 Å². The highest BCUT2D eigenvalue weighted by Crippen LogP contribution is 2.19. The summed E-state index contributed by atoms with van der Waals surface area (Å²) < 4.78 is 29.4. The summed E-state index contributed by atoms with van der Waals surface area (Å²) in [4.78, 5) is 0. The van der Waals surface area contributed by atoms with Gasteiger partial charge >= 0.3 is 0 Å². The predicted octanol–water partition coefficient (Wildman–Crippen LogP) is 2.27. The summed E-state index contributed by atoms with van der Waals surface area (Å²) in [5, 5.41) is 0. The Labute approximate surface area is 60.4 Å². The van der Waals surface area contributed by atoms with Crippen LogP contribution in [0.15, 0.2) is 0 Å². The van der Waals surface area contributed by atoms with Crippen LogP contribution in [-0.2, 0) is 4.74 Å². The van der Waals surface area contributed by atoms with Gasteiger partial charge < -0.3 is 4.74 Å². The summed E-state index contributed by atoms with van der Waals surface area (Å²) >= 11 is 0. The molecule has 10 heavy (non-hydrogen) atoms. The molecular formula is C7H13F2O. The maximum absolute atomic E-state index is 12.5. The van der Waals surface area contributed by atoms with E-state index in [1.165, 1.54) is 0 Å². The van der Waals surface area contributed by atoms with Crippen molar-refractivity contribution in [3.63, 3.8) is 0 Å². The SMILES string of the molecule is [CH2]COCC(F)(F)CCC. The van der Waals surface area contributed by atoms with Gasteiger partial charge in [0.15, 0.2) is 0 Å². The van der Waals surface area contributed by atoms with Crippen LogP contribution in [0, 0.1) is 6.92 Å². The number of halogens is 2. The highest BCUT2D eigenvalue weighted by Gasteiger charge is 2.27. The molecule has 0 atom stereocenters. The van der Waals surface area contributed by atoms with E-state index in [1.807, 2.05) is 0 Å². The van der Waals surface area contributed by atoms with Crippen molar-refractivity contribution in [3.05, 3.63) is 6.92 Å². The molecule has 0 heterocycles. The molecule has 0 fully saturated rings. The first-order chi connectivity index (χ1) is 4.62. The Hall–Kier alpha value is -0.180. The lowest BCUT2D eigenvalue weighted by Crippen LogP contribution is -2.23. The molecule has 0 saturated carbocycles. The van der Waals surface area contributed by atoms with Crippen LogP contribution in [0.3, 0.4) is 0 Å². The Morgan fingerprint density at radius 1 is 1.50 bits per heavy atom. The lowest BCUT2D eigenvalue weighted by molar-refractivity contribution is -0.0773. The molecule has 0 saturated heterocycles. The summed E-state index contributed by atoms with van der Waals surface area (Å²) in [6, 6.07) is 0. The minimum absolute atomic E-state index is 0.104. The van der Waals surface area contributed by atoms with Gasteiger partial charge in [0.2, 0.25) is 0 Å². The standard InChI is InChI=1S/C7H13F2O/c1-3-5-7(8,9)6-10-4-2/h2-6H2,1H3. The van der Waals surface area contributed by atoms with Gasteiger partial charge in [-0.15, -0.1) is 0 Å². The molecule has 0 aliphatic heterocycles. The quantitative estimate of drug-likeness (QED) is 0.585. The van der Waals surface area contributed by atoms with E-state index >= 15 is 0 Å². The fourth-order valence-corrected chi connectivity index (χ4v) is 0.659. The maximum atomic E-state index is 12.5. The fraction of sp³-hybridized carbons (Fsp3) is 0.857. The van der Waals surface area contributed by atoms with Gasteiger partial charge in [-0.2, -0.15) is 0 Å². The summed E-state index contributed by atoms with van der Waals surface area (Å²) in [6.07, 6.45) is 0.375.